The van der Waals surface area contributed by atoms with Gasteiger partial charge in [-0.15, -0.1) is 0 Å². The molecule has 0 atom stereocenters. The number of benzene rings is 1. The van der Waals surface area contributed by atoms with Gasteiger partial charge in [-0.1, -0.05) is 12.1 Å². The van der Waals surface area contributed by atoms with Crippen LogP contribution in [0.4, 0.5) is 0 Å². The highest BCUT2D eigenvalue weighted by Crippen LogP contribution is 2.29. The van der Waals surface area contributed by atoms with Crippen molar-refractivity contribution in [3.63, 3.8) is 0 Å². The normalized spacial score (nSPS) is 17.9. The summed E-state index contributed by atoms with van der Waals surface area (Å²) in [6.07, 6.45) is 2.77. The zero-order valence-electron chi connectivity index (χ0n) is 12.3. The zero-order chi connectivity index (χ0) is 14.4. The Balaban J connectivity index is 1.93. The summed E-state index contributed by atoms with van der Waals surface area (Å²) >= 11 is 0. The molecule has 4 nitrogen and oxygen atoms in total. The van der Waals surface area contributed by atoms with E-state index in [4.69, 9.17) is 9.47 Å². The molecule has 0 unspecified atom stereocenters. The van der Waals surface area contributed by atoms with E-state index in [0.29, 0.717) is 13.2 Å². The molecule has 110 valence electrons. The van der Waals surface area contributed by atoms with Crippen molar-refractivity contribution < 1.29 is 14.3 Å². The number of carbonyl (C=O) groups is 1. The molecule has 1 aliphatic heterocycles. The van der Waals surface area contributed by atoms with Crippen LogP contribution in [-0.4, -0.2) is 45.1 Å². The molecule has 0 bridgehead atoms. The fourth-order valence-corrected chi connectivity index (χ4v) is 2.73. The van der Waals surface area contributed by atoms with Crippen molar-refractivity contribution in [3.8, 4) is 5.75 Å². The van der Waals surface area contributed by atoms with Gasteiger partial charge in [-0.3, -0.25) is 0 Å². The van der Waals surface area contributed by atoms with Gasteiger partial charge in [-0.25, -0.2) is 0 Å². The lowest BCUT2D eigenvalue weighted by Crippen LogP contribution is -2.41. The van der Waals surface area contributed by atoms with Crippen molar-refractivity contribution in [1.29, 1.82) is 0 Å². The lowest BCUT2D eigenvalue weighted by molar-refractivity contribution is -0.122. The maximum Gasteiger partial charge on any atom is 0.127 e. The average molecular weight is 277 g/mol. The van der Waals surface area contributed by atoms with Crippen LogP contribution in [0.2, 0.25) is 0 Å². The molecule has 4 heteroatoms. The summed E-state index contributed by atoms with van der Waals surface area (Å²) in [6.45, 7) is 3.00. The molecule has 0 amide bonds. The van der Waals surface area contributed by atoms with E-state index in [1.165, 1.54) is 5.56 Å². The minimum atomic E-state index is -0.237. The fourth-order valence-electron chi connectivity index (χ4n) is 2.73. The molecule has 1 aromatic carbocycles. The standard InChI is InChI=1S/C16H23NO3/c1-17(11-14-3-5-15(19-2)6-4-14)12-16(13-18)7-9-20-10-8-16/h3-6,13H,7-12H2,1-2H3. The summed E-state index contributed by atoms with van der Waals surface area (Å²) in [7, 11) is 3.73. The minimum Gasteiger partial charge on any atom is -0.497 e. The molecule has 0 saturated carbocycles. The van der Waals surface area contributed by atoms with E-state index < -0.39 is 0 Å². The van der Waals surface area contributed by atoms with Crippen LogP contribution in [0.1, 0.15) is 18.4 Å². The maximum atomic E-state index is 11.5. The average Bonchev–Trinajstić information content (AvgIpc) is 2.49. The monoisotopic (exact) mass is 277 g/mol. The van der Waals surface area contributed by atoms with Crippen molar-refractivity contribution in [2.24, 2.45) is 5.41 Å². The van der Waals surface area contributed by atoms with E-state index >= 15 is 0 Å². The Bertz CT molecular complexity index is 424. The van der Waals surface area contributed by atoms with Gasteiger partial charge in [0.05, 0.1) is 7.11 Å². The Labute approximate surface area is 120 Å². The lowest BCUT2D eigenvalue weighted by atomic mass is 9.81. The van der Waals surface area contributed by atoms with Crippen molar-refractivity contribution >= 4 is 6.29 Å². The molecule has 1 saturated heterocycles. The van der Waals surface area contributed by atoms with Gasteiger partial charge in [0.1, 0.15) is 12.0 Å². The number of rotatable bonds is 6. The van der Waals surface area contributed by atoms with Crippen LogP contribution < -0.4 is 4.74 Å². The van der Waals surface area contributed by atoms with E-state index in [1.54, 1.807) is 7.11 Å². The van der Waals surface area contributed by atoms with Gasteiger partial charge in [0, 0.05) is 31.7 Å². The van der Waals surface area contributed by atoms with Crippen molar-refractivity contribution in [2.75, 3.05) is 33.9 Å². The number of carbonyl (C=O) groups excluding carboxylic acids is 1. The SMILES string of the molecule is COc1ccc(CN(C)CC2(C=O)CCOCC2)cc1. The fraction of sp³-hybridized carbons (Fsp3) is 0.562. The Kier molecular flexibility index (Phi) is 5.15. The van der Waals surface area contributed by atoms with Gasteiger partial charge in [0.2, 0.25) is 0 Å². The Hall–Kier alpha value is -1.39. The van der Waals surface area contributed by atoms with E-state index in [2.05, 4.69) is 24.1 Å². The minimum absolute atomic E-state index is 0.237. The number of nitrogens with zero attached hydrogens (tertiary/aromatic N) is 1. The van der Waals surface area contributed by atoms with E-state index in [9.17, 15) is 4.79 Å². The molecular formula is C16H23NO3. The molecule has 1 fully saturated rings. The predicted octanol–water partition coefficient (Wildman–Crippen LogP) is 2.12. The van der Waals surface area contributed by atoms with Gasteiger partial charge in [-0.05, 0) is 37.6 Å². The van der Waals surface area contributed by atoms with Crippen LogP contribution in [0.3, 0.4) is 0 Å². The van der Waals surface area contributed by atoms with Crippen molar-refractivity contribution in [3.05, 3.63) is 29.8 Å². The molecule has 0 aromatic heterocycles. The molecule has 1 aromatic rings. The summed E-state index contributed by atoms with van der Waals surface area (Å²) in [5.41, 5.74) is 0.987. The second-order valence-electron chi connectivity index (χ2n) is 5.61. The van der Waals surface area contributed by atoms with Crippen LogP contribution in [0.25, 0.3) is 0 Å². The van der Waals surface area contributed by atoms with E-state index in [0.717, 1.165) is 38.0 Å². The molecule has 0 spiro atoms. The van der Waals surface area contributed by atoms with Crippen LogP contribution in [-0.2, 0) is 16.1 Å². The molecule has 0 N–H and O–H groups in total. The predicted molar refractivity (Wildman–Crippen MR) is 77.9 cm³/mol. The number of aldehydes is 1. The first kappa shape index (κ1) is 15.0. The van der Waals surface area contributed by atoms with E-state index in [1.807, 2.05) is 12.1 Å². The highest BCUT2D eigenvalue weighted by molar-refractivity contribution is 5.60. The number of hydrogen-bond donors (Lipinski definition) is 0. The van der Waals surface area contributed by atoms with Crippen molar-refractivity contribution in [1.82, 2.24) is 4.90 Å². The first-order valence-electron chi connectivity index (χ1n) is 7.03. The van der Waals surface area contributed by atoms with Gasteiger partial charge >= 0.3 is 0 Å². The molecule has 20 heavy (non-hydrogen) atoms. The summed E-state index contributed by atoms with van der Waals surface area (Å²) in [5.74, 6) is 0.866. The van der Waals surface area contributed by atoms with Crippen LogP contribution in [0, 0.1) is 5.41 Å². The maximum absolute atomic E-state index is 11.5. The van der Waals surface area contributed by atoms with Gasteiger partial charge < -0.3 is 19.2 Å². The molecule has 1 heterocycles. The number of methoxy groups -OCH3 is 1. The Morgan fingerprint density at radius 3 is 2.50 bits per heavy atom. The Morgan fingerprint density at radius 2 is 1.95 bits per heavy atom. The summed E-state index contributed by atoms with van der Waals surface area (Å²) in [4.78, 5) is 13.7. The zero-order valence-corrected chi connectivity index (χ0v) is 12.3. The second-order valence-corrected chi connectivity index (χ2v) is 5.61. The van der Waals surface area contributed by atoms with E-state index in [-0.39, 0.29) is 5.41 Å². The number of ether oxygens (including phenoxy) is 2. The molecule has 0 aliphatic carbocycles. The molecular weight excluding hydrogens is 254 g/mol. The third-order valence-corrected chi connectivity index (χ3v) is 3.93. The van der Waals surface area contributed by atoms with Crippen molar-refractivity contribution in [2.45, 2.75) is 19.4 Å². The highest BCUT2D eigenvalue weighted by atomic mass is 16.5. The lowest BCUT2D eigenvalue weighted by Gasteiger charge is -2.35. The smallest absolute Gasteiger partial charge is 0.127 e. The van der Waals surface area contributed by atoms with Gasteiger partial charge in [0.15, 0.2) is 0 Å². The molecule has 2 rings (SSSR count). The summed E-state index contributed by atoms with van der Waals surface area (Å²) in [5, 5.41) is 0. The van der Waals surface area contributed by atoms with Crippen LogP contribution in [0.5, 0.6) is 5.75 Å². The quantitative estimate of drug-likeness (QED) is 0.747. The van der Waals surface area contributed by atoms with Crippen LogP contribution >= 0.6 is 0 Å². The largest absolute Gasteiger partial charge is 0.497 e. The molecule has 1 aliphatic rings. The molecule has 0 radical (unpaired) electrons. The van der Waals surface area contributed by atoms with Gasteiger partial charge in [0.25, 0.3) is 0 Å². The topological polar surface area (TPSA) is 38.8 Å². The van der Waals surface area contributed by atoms with Gasteiger partial charge in [-0.2, -0.15) is 0 Å². The van der Waals surface area contributed by atoms with Crippen LogP contribution in [0.15, 0.2) is 24.3 Å². The first-order chi connectivity index (χ1) is 9.67. The first-order valence-corrected chi connectivity index (χ1v) is 7.03. The number of hydrogen-bond acceptors (Lipinski definition) is 4. The third kappa shape index (κ3) is 3.81. The second kappa shape index (κ2) is 6.86. The third-order valence-electron chi connectivity index (χ3n) is 3.93. The summed E-state index contributed by atoms with van der Waals surface area (Å²) in [6, 6.07) is 8.06. The summed E-state index contributed by atoms with van der Waals surface area (Å²) < 4.78 is 10.5. The highest BCUT2D eigenvalue weighted by Gasteiger charge is 2.33. The Morgan fingerprint density at radius 1 is 1.30 bits per heavy atom.